The summed E-state index contributed by atoms with van der Waals surface area (Å²) in [5.41, 5.74) is -0.507. The molecule has 1 aromatic carbocycles. The van der Waals surface area contributed by atoms with Crippen LogP contribution in [0.4, 0.5) is 13.2 Å². The minimum atomic E-state index is -4.38. The molecule has 100 valence electrons. The van der Waals surface area contributed by atoms with Gasteiger partial charge in [-0.15, -0.1) is 0 Å². The first-order chi connectivity index (χ1) is 8.38. The summed E-state index contributed by atoms with van der Waals surface area (Å²) >= 11 is 0. The summed E-state index contributed by atoms with van der Waals surface area (Å²) in [6.07, 6.45) is -6.15. The largest absolute Gasteiger partial charge is 0.416 e. The fourth-order valence-electron chi connectivity index (χ4n) is 2.15. The molecule has 3 nitrogen and oxygen atoms in total. The van der Waals surface area contributed by atoms with Crippen molar-refractivity contribution in [1.82, 2.24) is 4.90 Å². The third-order valence-corrected chi connectivity index (χ3v) is 3.05. The summed E-state index contributed by atoms with van der Waals surface area (Å²) in [7, 11) is 0. The van der Waals surface area contributed by atoms with E-state index in [9.17, 15) is 23.4 Å². The molecule has 1 heterocycles. The molecule has 0 unspecified atom stereocenters. The van der Waals surface area contributed by atoms with E-state index in [-0.39, 0.29) is 25.2 Å². The van der Waals surface area contributed by atoms with E-state index >= 15 is 0 Å². The standard InChI is InChI=1S/C12H14F3NO2/c13-12(14,15)9-4-2-1-3-8(9)5-16-6-10(17)11(18)7-16/h1-4,10-11,17-18H,5-7H2/t10-,11+. The molecule has 0 aliphatic carbocycles. The molecule has 0 aromatic heterocycles. The minimum absolute atomic E-state index is 0.0732. The van der Waals surface area contributed by atoms with Crippen molar-refractivity contribution in [2.45, 2.75) is 24.9 Å². The zero-order valence-corrected chi connectivity index (χ0v) is 9.56. The first kappa shape index (κ1) is 13.3. The lowest BCUT2D eigenvalue weighted by molar-refractivity contribution is -0.138. The first-order valence-electron chi connectivity index (χ1n) is 5.61. The van der Waals surface area contributed by atoms with Crippen LogP contribution in [-0.2, 0) is 12.7 Å². The van der Waals surface area contributed by atoms with E-state index in [1.807, 2.05) is 0 Å². The highest BCUT2D eigenvalue weighted by atomic mass is 19.4. The molecule has 0 spiro atoms. The molecule has 2 atom stereocenters. The summed E-state index contributed by atoms with van der Waals surface area (Å²) in [6, 6.07) is 5.35. The third kappa shape index (κ3) is 2.82. The van der Waals surface area contributed by atoms with Crippen LogP contribution in [0.15, 0.2) is 24.3 Å². The maximum Gasteiger partial charge on any atom is 0.416 e. The van der Waals surface area contributed by atoms with E-state index in [0.717, 1.165) is 6.07 Å². The predicted octanol–water partition coefficient (Wildman–Crippen LogP) is 1.24. The Bertz CT molecular complexity index is 412. The highest BCUT2D eigenvalue weighted by molar-refractivity contribution is 5.29. The Balaban J connectivity index is 2.15. The quantitative estimate of drug-likeness (QED) is 0.842. The zero-order valence-electron chi connectivity index (χ0n) is 9.56. The molecule has 0 bridgehead atoms. The Morgan fingerprint density at radius 1 is 1.11 bits per heavy atom. The van der Waals surface area contributed by atoms with Gasteiger partial charge in [0.15, 0.2) is 0 Å². The normalized spacial score (nSPS) is 25.6. The van der Waals surface area contributed by atoms with Gasteiger partial charge in [0.1, 0.15) is 0 Å². The van der Waals surface area contributed by atoms with E-state index in [1.165, 1.54) is 12.1 Å². The second-order valence-electron chi connectivity index (χ2n) is 4.48. The van der Waals surface area contributed by atoms with Gasteiger partial charge in [0, 0.05) is 19.6 Å². The summed E-state index contributed by atoms with van der Waals surface area (Å²) in [5.74, 6) is 0. The van der Waals surface area contributed by atoms with Crippen LogP contribution < -0.4 is 0 Å². The second-order valence-corrected chi connectivity index (χ2v) is 4.48. The molecule has 6 heteroatoms. The van der Waals surface area contributed by atoms with Crippen molar-refractivity contribution in [3.63, 3.8) is 0 Å². The van der Waals surface area contributed by atoms with Gasteiger partial charge in [0.05, 0.1) is 17.8 Å². The summed E-state index contributed by atoms with van der Waals surface area (Å²) in [6.45, 7) is 0.449. The highest BCUT2D eigenvalue weighted by Crippen LogP contribution is 2.32. The maximum atomic E-state index is 12.8. The molecule has 1 aliphatic heterocycles. The van der Waals surface area contributed by atoms with Crippen LogP contribution in [0.25, 0.3) is 0 Å². The van der Waals surface area contributed by atoms with Gasteiger partial charge in [-0.25, -0.2) is 0 Å². The van der Waals surface area contributed by atoms with Crippen LogP contribution in [0.2, 0.25) is 0 Å². The molecular formula is C12H14F3NO2. The van der Waals surface area contributed by atoms with Gasteiger partial charge in [0.25, 0.3) is 0 Å². The predicted molar refractivity (Wildman–Crippen MR) is 58.7 cm³/mol. The number of hydrogen-bond donors (Lipinski definition) is 2. The fraction of sp³-hybridized carbons (Fsp3) is 0.500. The Morgan fingerprint density at radius 2 is 1.67 bits per heavy atom. The van der Waals surface area contributed by atoms with Crippen LogP contribution in [0.1, 0.15) is 11.1 Å². The number of nitrogens with zero attached hydrogens (tertiary/aromatic N) is 1. The number of likely N-dealkylation sites (tertiary alicyclic amines) is 1. The maximum absolute atomic E-state index is 12.8. The number of hydrogen-bond acceptors (Lipinski definition) is 3. The average molecular weight is 261 g/mol. The van der Waals surface area contributed by atoms with Gasteiger partial charge in [-0.05, 0) is 11.6 Å². The fourth-order valence-corrected chi connectivity index (χ4v) is 2.15. The summed E-state index contributed by atoms with van der Waals surface area (Å²) < 4.78 is 38.3. The van der Waals surface area contributed by atoms with Gasteiger partial charge in [-0.3, -0.25) is 4.90 Å². The Labute approximate surface area is 102 Å². The number of halogens is 3. The molecule has 1 saturated heterocycles. The zero-order chi connectivity index (χ0) is 13.3. The van der Waals surface area contributed by atoms with Crippen molar-refractivity contribution in [3.8, 4) is 0 Å². The molecular weight excluding hydrogens is 247 g/mol. The van der Waals surface area contributed by atoms with Gasteiger partial charge < -0.3 is 10.2 Å². The lowest BCUT2D eigenvalue weighted by Gasteiger charge is -2.18. The highest BCUT2D eigenvalue weighted by Gasteiger charge is 2.35. The molecule has 1 aromatic rings. The van der Waals surface area contributed by atoms with Gasteiger partial charge in [-0.2, -0.15) is 13.2 Å². The molecule has 0 amide bonds. The number of benzene rings is 1. The Morgan fingerprint density at radius 3 is 2.22 bits per heavy atom. The Hall–Kier alpha value is -1.11. The SMILES string of the molecule is O[C@@H]1CN(Cc2ccccc2C(F)(F)F)C[C@@H]1O. The average Bonchev–Trinajstić information content (AvgIpc) is 2.57. The molecule has 18 heavy (non-hydrogen) atoms. The van der Waals surface area contributed by atoms with Gasteiger partial charge in [0.2, 0.25) is 0 Å². The summed E-state index contributed by atoms with van der Waals surface area (Å²) in [4.78, 5) is 1.61. The van der Waals surface area contributed by atoms with Crippen LogP contribution in [0.3, 0.4) is 0 Å². The Kier molecular flexibility index (Phi) is 3.61. The minimum Gasteiger partial charge on any atom is -0.389 e. The number of aliphatic hydroxyl groups is 2. The number of β-amino-alcohol motifs (C(OH)–C–C–N with tert-alkyl or cyclic N) is 2. The van der Waals surface area contributed by atoms with Crippen molar-refractivity contribution in [2.24, 2.45) is 0 Å². The van der Waals surface area contributed by atoms with Crippen molar-refractivity contribution in [2.75, 3.05) is 13.1 Å². The van der Waals surface area contributed by atoms with E-state index in [2.05, 4.69) is 0 Å². The van der Waals surface area contributed by atoms with Crippen LogP contribution in [0.5, 0.6) is 0 Å². The monoisotopic (exact) mass is 261 g/mol. The molecule has 0 radical (unpaired) electrons. The lowest BCUT2D eigenvalue weighted by atomic mass is 10.1. The van der Waals surface area contributed by atoms with Crippen LogP contribution in [-0.4, -0.2) is 40.4 Å². The van der Waals surface area contributed by atoms with E-state index in [0.29, 0.717) is 0 Å². The molecule has 2 N–H and O–H groups in total. The third-order valence-electron chi connectivity index (χ3n) is 3.05. The first-order valence-corrected chi connectivity index (χ1v) is 5.61. The lowest BCUT2D eigenvalue weighted by Crippen LogP contribution is -2.23. The summed E-state index contributed by atoms with van der Waals surface area (Å²) in [5, 5.41) is 18.7. The number of rotatable bonds is 2. The smallest absolute Gasteiger partial charge is 0.389 e. The van der Waals surface area contributed by atoms with Crippen molar-refractivity contribution in [1.29, 1.82) is 0 Å². The van der Waals surface area contributed by atoms with Crippen molar-refractivity contribution >= 4 is 0 Å². The van der Waals surface area contributed by atoms with Crippen molar-refractivity contribution < 1.29 is 23.4 Å². The topological polar surface area (TPSA) is 43.7 Å². The number of alkyl halides is 3. The van der Waals surface area contributed by atoms with Gasteiger partial charge in [-0.1, -0.05) is 18.2 Å². The molecule has 1 fully saturated rings. The van der Waals surface area contributed by atoms with Crippen LogP contribution >= 0.6 is 0 Å². The van der Waals surface area contributed by atoms with E-state index in [1.54, 1.807) is 11.0 Å². The van der Waals surface area contributed by atoms with Gasteiger partial charge >= 0.3 is 6.18 Å². The van der Waals surface area contributed by atoms with E-state index < -0.39 is 23.9 Å². The second kappa shape index (κ2) is 4.87. The molecule has 2 rings (SSSR count). The molecule has 1 aliphatic rings. The van der Waals surface area contributed by atoms with E-state index in [4.69, 9.17) is 0 Å². The molecule has 0 saturated carbocycles. The number of aliphatic hydroxyl groups excluding tert-OH is 2. The van der Waals surface area contributed by atoms with Crippen LogP contribution in [0, 0.1) is 0 Å². The van der Waals surface area contributed by atoms with Crippen molar-refractivity contribution in [3.05, 3.63) is 35.4 Å².